The van der Waals surface area contributed by atoms with Crippen LogP contribution in [0.2, 0.25) is 0 Å². The third-order valence-electron chi connectivity index (χ3n) is 4.81. The molecule has 0 aromatic rings. The van der Waals surface area contributed by atoms with E-state index in [0.29, 0.717) is 5.41 Å². The maximum atomic E-state index is 3.46. The lowest BCUT2D eigenvalue weighted by Gasteiger charge is -2.28. The number of hydrogen-bond acceptors (Lipinski definition) is 2. The summed E-state index contributed by atoms with van der Waals surface area (Å²) in [5.41, 5.74) is 0.503. The Morgan fingerprint density at radius 3 is 2.41 bits per heavy atom. The predicted molar refractivity (Wildman–Crippen MR) is 74.2 cm³/mol. The summed E-state index contributed by atoms with van der Waals surface area (Å²) >= 11 is 0. The molecular formula is C15H30N2. The van der Waals surface area contributed by atoms with Gasteiger partial charge in [-0.25, -0.2) is 0 Å². The molecule has 2 heteroatoms. The van der Waals surface area contributed by atoms with Gasteiger partial charge in [0.15, 0.2) is 0 Å². The van der Waals surface area contributed by atoms with Crippen LogP contribution in [0.1, 0.15) is 46.5 Å². The molecule has 2 rings (SSSR count). The van der Waals surface area contributed by atoms with Crippen molar-refractivity contribution in [2.75, 3.05) is 32.7 Å². The van der Waals surface area contributed by atoms with E-state index in [2.05, 4.69) is 31.0 Å². The highest BCUT2D eigenvalue weighted by molar-refractivity contribution is 4.84. The number of likely N-dealkylation sites (tertiary alicyclic amines) is 1. The van der Waals surface area contributed by atoms with Crippen molar-refractivity contribution < 1.29 is 0 Å². The topological polar surface area (TPSA) is 15.3 Å². The first-order valence-corrected chi connectivity index (χ1v) is 7.49. The Labute approximate surface area is 107 Å². The monoisotopic (exact) mass is 238 g/mol. The van der Waals surface area contributed by atoms with E-state index in [1.165, 1.54) is 58.4 Å². The molecule has 1 unspecified atom stereocenters. The number of rotatable bonds is 3. The molecule has 2 saturated heterocycles. The van der Waals surface area contributed by atoms with Crippen LogP contribution in [0.15, 0.2) is 0 Å². The van der Waals surface area contributed by atoms with Gasteiger partial charge in [-0.05, 0) is 69.1 Å². The summed E-state index contributed by atoms with van der Waals surface area (Å²) in [5, 5.41) is 3.46. The molecule has 2 fully saturated rings. The lowest BCUT2D eigenvalue weighted by molar-refractivity contribution is 0.217. The molecule has 17 heavy (non-hydrogen) atoms. The fraction of sp³-hybridized carbons (Fsp3) is 1.00. The van der Waals surface area contributed by atoms with Crippen LogP contribution in [-0.2, 0) is 0 Å². The molecule has 2 aliphatic rings. The van der Waals surface area contributed by atoms with Gasteiger partial charge in [-0.3, -0.25) is 0 Å². The second kappa shape index (κ2) is 5.71. The van der Waals surface area contributed by atoms with Gasteiger partial charge in [-0.15, -0.1) is 0 Å². The van der Waals surface area contributed by atoms with Crippen molar-refractivity contribution in [1.29, 1.82) is 0 Å². The lowest BCUT2D eigenvalue weighted by Crippen LogP contribution is -2.31. The van der Waals surface area contributed by atoms with E-state index in [0.717, 1.165) is 11.8 Å². The molecular weight excluding hydrogens is 208 g/mol. The van der Waals surface area contributed by atoms with E-state index in [-0.39, 0.29) is 0 Å². The Morgan fingerprint density at radius 2 is 1.82 bits per heavy atom. The minimum atomic E-state index is 0.503. The highest BCUT2D eigenvalue weighted by Crippen LogP contribution is 2.33. The maximum Gasteiger partial charge on any atom is 0.00151 e. The van der Waals surface area contributed by atoms with E-state index >= 15 is 0 Å². The molecule has 100 valence electrons. The number of piperidine rings is 1. The normalized spacial score (nSPS) is 28.8. The average Bonchev–Trinajstić information content (AvgIpc) is 2.76. The lowest BCUT2D eigenvalue weighted by atomic mass is 9.80. The summed E-state index contributed by atoms with van der Waals surface area (Å²) in [4.78, 5) is 2.71. The molecule has 1 atom stereocenters. The zero-order chi connectivity index (χ0) is 12.3. The van der Waals surface area contributed by atoms with Crippen molar-refractivity contribution in [3.8, 4) is 0 Å². The molecule has 0 aliphatic carbocycles. The smallest absolute Gasteiger partial charge is 0.00151 e. The van der Waals surface area contributed by atoms with Gasteiger partial charge in [0.25, 0.3) is 0 Å². The van der Waals surface area contributed by atoms with Crippen molar-refractivity contribution >= 4 is 0 Å². The van der Waals surface area contributed by atoms with E-state index in [1.54, 1.807) is 0 Å². The molecule has 0 saturated carbocycles. The van der Waals surface area contributed by atoms with Crippen LogP contribution >= 0.6 is 0 Å². The van der Waals surface area contributed by atoms with Gasteiger partial charge in [0.1, 0.15) is 0 Å². The number of hydrogen-bond donors (Lipinski definition) is 1. The summed E-state index contributed by atoms with van der Waals surface area (Å²) < 4.78 is 0. The third-order valence-corrected chi connectivity index (χ3v) is 4.81. The highest BCUT2D eigenvalue weighted by atomic mass is 15.1. The highest BCUT2D eigenvalue weighted by Gasteiger charge is 2.31. The predicted octanol–water partition coefficient (Wildman–Crippen LogP) is 2.74. The largest absolute Gasteiger partial charge is 0.317 e. The fourth-order valence-corrected chi connectivity index (χ4v) is 3.28. The van der Waals surface area contributed by atoms with Crippen molar-refractivity contribution in [1.82, 2.24) is 10.2 Å². The zero-order valence-electron chi connectivity index (χ0n) is 12.0. The molecule has 2 heterocycles. The van der Waals surface area contributed by atoms with Gasteiger partial charge < -0.3 is 10.2 Å². The van der Waals surface area contributed by atoms with Gasteiger partial charge in [-0.1, -0.05) is 20.8 Å². The second-order valence-corrected chi connectivity index (χ2v) is 7.13. The van der Waals surface area contributed by atoms with Crippen LogP contribution in [-0.4, -0.2) is 37.6 Å². The standard InChI is InChI=1S/C15H30N2/c1-15(2,3)14-7-11-17(12-14)10-6-13-4-8-16-9-5-13/h13-14,16H,4-12H2,1-3H3. The van der Waals surface area contributed by atoms with Crippen LogP contribution in [0.5, 0.6) is 0 Å². The SMILES string of the molecule is CC(C)(C)C1CCN(CCC2CCNCC2)C1. The minimum absolute atomic E-state index is 0.503. The van der Waals surface area contributed by atoms with Crippen molar-refractivity contribution in [3.63, 3.8) is 0 Å². The molecule has 0 aromatic heterocycles. The second-order valence-electron chi connectivity index (χ2n) is 7.13. The van der Waals surface area contributed by atoms with Crippen molar-refractivity contribution in [3.05, 3.63) is 0 Å². The van der Waals surface area contributed by atoms with Crippen LogP contribution in [0.3, 0.4) is 0 Å². The first kappa shape index (κ1) is 13.4. The number of nitrogens with one attached hydrogen (secondary N) is 1. The summed E-state index contributed by atoms with van der Waals surface area (Å²) in [6.07, 6.45) is 5.64. The summed E-state index contributed by atoms with van der Waals surface area (Å²) in [6.45, 7) is 13.7. The first-order valence-electron chi connectivity index (χ1n) is 7.49. The molecule has 0 aromatic carbocycles. The Morgan fingerprint density at radius 1 is 1.12 bits per heavy atom. The Bertz CT molecular complexity index is 226. The molecule has 0 radical (unpaired) electrons. The molecule has 2 aliphatic heterocycles. The van der Waals surface area contributed by atoms with Crippen molar-refractivity contribution in [2.24, 2.45) is 17.3 Å². The summed E-state index contributed by atoms with van der Waals surface area (Å²) in [6, 6.07) is 0. The molecule has 0 bridgehead atoms. The van der Waals surface area contributed by atoms with E-state index < -0.39 is 0 Å². The zero-order valence-corrected chi connectivity index (χ0v) is 12.0. The Hall–Kier alpha value is -0.0800. The Balaban J connectivity index is 1.67. The maximum absolute atomic E-state index is 3.46. The van der Waals surface area contributed by atoms with Crippen LogP contribution in [0.25, 0.3) is 0 Å². The van der Waals surface area contributed by atoms with Gasteiger partial charge in [-0.2, -0.15) is 0 Å². The van der Waals surface area contributed by atoms with E-state index in [9.17, 15) is 0 Å². The van der Waals surface area contributed by atoms with Gasteiger partial charge in [0, 0.05) is 6.54 Å². The van der Waals surface area contributed by atoms with Gasteiger partial charge in [0.2, 0.25) is 0 Å². The minimum Gasteiger partial charge on any atom is -0.317 e. The van der Waals surface area contributed by atoms with E-state index in [4.69, 9.17) is 0 Å². The van der Waals surface area contributed by atoms with Crippen LogP contribution in [0, 0.1) is 17.3 Å². The molecule has 2 nitrogen and oxygen atoms in total. The molecule has 0 amide bonds. The number of nitrogens with zero attached hydrogens (tertiary/aromatic N) is 1. The van der Waals surface area contributed by atoms with Gasteiger partial charge >= 0.3 is 0 Å². The van der Waals surface area contributed by atoms with E-state index in [1.807, 2.05) is 0 Å². The van der Waals surface area contributed by atoms with Crippen molar-refractivity contribution in [2.45, 2.75) is 46.5 Å². The molecule has 1 N–H and O–H groups in total. The summed E-state index contributed by atoms with van der Waals surface area (Å²) in [7, 11) is 0. The fourth-order valence-electron chi connectivity index (χ4n) is 3.28. The third kappa shape index (κ3) is 3.96. The Kier molecular flexibility index (Phi) is 4.48. The average molecular weight is 238 g/mol. The quantitative estimate of drug-likeness (QED) is 0.813. The molecule has 0 spiro atoms. The van der Waals surface area contributed by atoms with Gasteiger partial charge in [0.05, 0.1) is 0 Å². The van der Waals surface area contributed by atoms with Crippen LogP contribution in [0.4, 0.5) is 0 Å². The van der Waals surface area contributed by atoms with Crippen LogP contribution < -0.4 is 5.32 Å². The first-order chi connectivity index (χ1) is 8.05. The summed E-state index contributed by atoms with van der Waals surface area (Å²) in [5.74, 6) is 1.90.